The average Bonchev–Trinajstić information content (AvgIpc) is 2.30. The Balaban J connectivity index is 4.83. The smallest absolute Gasteiger partial charge is 0.408 e. The Labute approximate surface area is 160 Å². The lowest BCUT2D eigenvalue weighted by Crippen LogP contribution is -2.47. The van der Waals surface area contributed by atoms with Crippen LogP contribution < -0.4 is 5.32 Å². The van der Waals surface area contributed by atoms with E-state index in [0.29, 0.717) is 5.75 Å². The van der Waals surface area contributed by atoms with Crippen LogP contribution in [0.25, 0.3) is 0 Å². The molecule has 0 aromatic carbocycles. The summed E-state index contributed by atoms with van der Waals surface area (Å²) < 4.78 is 37.5. The fourth-order valence-electron chi connectivity index (χ4n) is 1.67. The van der Waals surface area contributed by atoms with E-state index in [1.165, 1.54) is 11.8 Å². The van der Waals surface area contributed by atoms with Gasteiger partial charge < -0.3 is 14.8 Å². The highest BCUT2D eigenvalue weighted by Crippen LogP contribution is 2.14. The monoisotopic (exact) mass is 413 g/mol. The van der Waals surface area contributed by atoms with E-state index in [-0.39, 0.29) is 5.75 Å². The summed E-state index contributed by atoms with van der Waals surface area (Å²) in [5.41, 5.74) is -1.41. The van der Waals surface area contributed by atoms with E-state index in [9.17, 15) is 18.0 Å². The van der Waals surface area contributed by atoms with Crippen LogP contribution in [-0.4, -0.2) is 61.6 Å². The Morgan fingerprint density at radius 2 is 1.50 bits per heavy atom. The fourth-order valence-corrected chi connectivity index (χ4v) is 3.41. The van der Waals surface area contributed by atoms with Crippen molar-refractivity contribution in [3.05, 3.63) is 0 Å². The first-order valence-electron chi connectivity index (χ1n) is 8.17. The summed E-state index contributed by atoms with van der Waals surface area (Å²) in [6.07, 6.45) is -0.313. The molecule has 154 valence electrons. The average molecular weight is 414 g/mol. The van der Waals surface area contributed by atoms with E-state index in [0.717, 1.165) is 6.26 Å². The molecule has 0 spiro atoms. The van der Waals surface area contributed by atoms with E-state index in [4.69, 9.17) is 13.7 Å². The number of amides is 1. The molecule has 1 amide bonds. The molecule has 10 heteroatoms. The molecule has 26 heavy (non-hydrogen) atoms. The number of hydrogen-bond donors (Lipinski definition) is 1. The van der Waals surface area contributed by atoms with Gasteiger partial charge >= 0.3 is 12.1 Å². The minimum Gasteiger partial charge on any atom is -0.458 e. The van der Waals surface area contributed by atoms with Crippen LogP contribution in [0.1, 0.15) is 48.5 Å². The largest absolute Gasteiger partial charge is 0.458 e. The lowest BCUT2D eigenvalue weighted by Gasteiger charge is -2.26. The summed E-state index contributed by atoms with van der Waals surface area (Å²) in [7, 11) is -3.55. The van der Waals surface area contributed by atoms with E-state index >= 15 is 0 Å². The number of thioether (sulfide) groups is 1. The number of hydrogen-bond acceptors (Lipinski definition) is 8. The van der Waals surface area contributed by atoms with Gasteiger partial charge in [-0.25, -0.2) is 9.59 Å². The first-order valence-corrected chi connectivity index (χ1v) is 11.1. The van der Waals surface area contributed by atoms with Gasteiger partial charge in [-0.15, -0.1) is 0 Å². The Kier molecular flexibility index (Phi) is 9.42. The van der Waals surface area contributed by atoms with Gasteiger partial charge in [0, 0.05) is 11.5 Å². The van der Waals surface area contributed by atoms with Crippen molar-refractivity contribution >= 4 is 33.9 Å². The summed E-state index contributed by atoms with van der Waals surface area (Å²) in [5, 5.41) is 2.50. The molecule has 0 aromatic heterocycles. The number of nitrogens with one attached hydrogen (secondary N) is 1. The Hall–Kier alpha value is -1.00. The van der Waals surface area contributed by atoms with Gasteiger partial charge in [0.1, 0.15) is 17.2 Å². The van der Waals surface area contributed by atoms with Gasteiger partial charge in [0.2, 0.25) is 0 Å². The molecule has 0 fully saturated rings. The van der Waals surface area contributed by atoms with Gasteiger partial charge in [0.25, 0.3) is 10.1 Å². The Morgan fingerprint density at radius 3 is 1.92 bits per heavy atom. The first kappa shape index (κ1) is 25.0. The number of carbonyl (C=O) groups is 2. The molecule has 0 heterocycles. The third-order valence-electron chi connectivity index (χ3n) is 2.36. The molecule has 2 atom stereocenters. The van der Waals surface area contributed by atoms with Gasteiger partial charge in [-0.1, -0.05) is 0 Å². The van der Waals surface area contributed by atoms with Crippen LogP contribution in [0, 0.1) is 0 Å². The highest BCUT2D eigenvalue weighted by molar-refractivity contribution is 7.99. The predicted molar refractivity (Wildman–Crippen MR) is 102 cm³/mol. The van der Waals surface area contributed by atoms with Crippen molar-refractivity contribution in [1.29, 1.82) is 0 Å². The van der Waals surface area contributed by atoms with Crippen LogP contribution in [0.3, 0.4) is 0 Å². The Morgan fingerprint density at radius 1 is 1.00 bits per heavy atom. The third kappa shape index (κ3) is 14.2. The molecule has 0 radical (unpaired) electrons. The number of ether oxygens (including phenoxy) is 2. The number of esters is 1. The molecule has 0 aliphatic rings. The van der Waals surface area contributed by atoms with Crippen LogP contribution >= 0.6 is 11.8 Å². The molecule has 0 saturated heterocycles. The SMILES string of the molecule is C[C@@H](CSC[C@H](NC(=O)OC(C)(C)C)C(=O)OC(C)(C)C)OS(C)(=O)=O. The maximum Gasteiger partial charge on any atom is 0.408 e. The van der Waals surface area contributed by atoms with E-state index in [1.807, 2.05) is 0 Å². The first-order chi connectivity index (χ1) is 11.5. The molecule has 1 N–H and O–H groups in total. The highest BCUT2D eigenvalue weighted by Gasteiger charge is 2.29. The van der Waals surface area contributed by atoms with E-state index < -0.39 is 45.5 Å². The summed E-state index contributed by atoms with van der Waals surface area (Å²) in [4.78, 5) is 24.3. The van der Waals surface area contributed by atoms with Crippen LogP contribution in [0.15, 0.2) is 0 Å². The van der Waals surface area contributed by atoms with Crippen molar-refractivity contribution in [3.8, 4) is 0 Å². The van der Waals surface area contributed by atoms with Crippen LogP contribution in [0.5, 0.6) is 0 Å². The maximum absolute atomic E-state index is 12.3. The van der Waals surface area contributed by atoms with Crippen molar-refractivity contribution in [1.82, 2.24) is 5.32 Å². The number of carbonyl (C=O) groups excluding carboxylic acids is 2. The van der Waals surface area contributed by atoms with Gasteiger partial charge in [-0.2, -0.15) is 20.2 Å². The minimum absolute atomic E-state index is 0.186. The normalized spacial score (nSPS) is 15.1. The van der Waals surface area contributed by atoms with Crippen LogP contribution in [0.2, 0.25) is 0 Å². The molecule has 0 aliphatic carbocycles. The van der Waals surface area contributed by atoms with Gasteiger partial charge in [0.05, 0.1) is 12.4 Å². The summed E-state index contributed by atoms with van der Waals surface area (Å²) in [6, 6.07) is -0.931. The maximum atomic E-state index is 12.3. The zero-order valence-electron chi connectivity index (χ0n) is 16.7. The van der Waals surface area contributed by atoms with Gasteiger partial charge in [-0.05, 0) is 48.5 Å². The van der Waals surface area contributed by atoms with Crippen molar-refractivity contribution in [2.24, 2.45) is 0 Å². The van der Waals surface area contributed by atoms with E-state index in [1.54, 1.807) is 48.5 Å². The number of rotatable bonds is 8. The summed E-state index contributed by atoms with van der Waals surface area (Å²) in [5.74, 6) is -0.0823. The van der Waals surface area contributed by atoms with Crippen LogP contribution in [0.4, 0.5) is 4.79 Å². The number of alkyl carbamates (subject to hydrolysis) is 1. The minimum atomic E-state index is -3.55. The molecule has 0 aliphatic heterocycles. The predicted octanol–water partition coefficient (Wildman–Crippen LogP) is 2.32. The molecule has 0 aromatic rings. The lowest BCUT2D eigenvalue weighted by molar-refractivity contribution is -0.156. The topological polar surface area (TPSA) is 108 Å². The van der Waals surface area contributed by atoms with Crippen molar-refractivity contribution in [2.45, 2.75) is 71.8 Å². The zero-order chi connectivity index (χ0) is 20.8. The molecule has 0 unspecified atom stereocenters. The van der Waals surface area contributed by atoms with E-state index in [2.05, 4.69) is 5.32 Å². The molecular weight excluding hydrogens is 382 g/mol. The highest BCUT2D eigenvalue weighted by atomic mass is 32.2. The zero-order valence-corrected chi connectivity index (χ0v) is 18.4. The summed E-state index contributed by atoms with van der Waals surface area (Å²) in [6.45, 7) is 11.9. The third-order valence-corrected chi connectivity index (χ3v) is 4.31. The van der Waals surface area contributed by atoms with Gasteiger partial charge in [0.15, 0.2) is 0 Å². The second kappa shape index (κ2) is 9.80. The second-order valence-corrected chi connectivity index (χ2v) is 10.6. The van der Waals surface area contributed by atoms with Gasteiger partial charge in [-0.3, -0.25) is 4.18 Å². The second-order valence-electron chi connectivity index (χ2n) is 7.88. The fraction of sp³-hybridized carbons (Fsp3) is 0.875. The molecule has 0 rings (SSSR count). The Bertz CT molecular complexity index is 576. The van der Waals surface area contributed by atoms with Crippen molar-refractivity contribution in [3.63, 3.8) is 0 Å². The quantitative estimate of drug-likeness (QED) is 0.477. The molecule has 0 saturated carbocycles. The molecule has 0 bridgehead atoms. The molecule has 8 nitrogen and oxygen atoms in total. The van der Waals surface area contributed by atoms with Crippen molar-refractivity contribution < 1.29 is 31.7 Å². The standard InChI is InChI=1S/C16H31NO7S2/c1-11(24-26(8,20)21)9-25-10-12(13(18)22-15(2,3)4)17-14(19)23-16(5,6)7/h11-12H,9-10H2,1-8H3,(H,17,19)/t11-,12-/m0/s1. The van der Waals surface area contributed by atoms with Crippen LogP contribution in [-0.2, 0) is 28.6 Å². The molecular formula is C16H31NO7S2. The lowest BCUT2D eigenvalue weighted by atomic mass is 10.2. The van der Waals surface area contributed by atoms with Crippen molar-refractivity contribution in [2.75, 3.05) is 17.8 Å². The summed E-state index contributed by atoms with van der Waals surface area (Å²) >= 11 is 1.26.